The molecular weight excluding hydrogens is 304 g/mol. The molecule has 0 saturated carbocycles. The number of amides is 1. The number of ether oxygens (including phenoxy) is 1. The van der Waals surface area contributed by atoms with Gasteiger partial charge in [0.15, 0.2) is 0 Å². The number of carbonyl (C=O) groups excluding carboxylic acids is 1. The van der Waals surface area contributed by atoms with Crippen molar-refractivity contribution in [1.82, 2.24) is 4.90 Å². The maximum absolute atomic E-state index is 12.6. The minimum Gasteiger partial charge on any atom is -0.506 e. The molecule has 1 aliphatic rings. The molecule has 1 fully saturated rings. The van der Waals surface area contributed by atoms with Crippen LogP contribution in [0.3, 0.4) is 0 Å². The fraction of sp³-hybridized carbons (Fsp3) is 0.316. The van der Waals surface area contributed by atoms with Crippen LogP contribution in [-0.2, 0) is 11.3 Å². The Bertz CT molecular complexity index is 692. The first kappa shape index (κ1) is 16.3. The van der Waals surface area contributed by atoms with Gasteiger partial charge < -0.3 is 19.6 Å². The average Bonchev–Trinajstić information content (AvgIpc) is 2.63. The van der Waals surface area contributed by atoms with E-state index in [1.54, 1.807) is 13.2 Å². The Morgan fingerprint density at radius 3 is 2.33 bits per heavy atom. The number of benzene rings is 2. The summed E-state index contributed by atoms with van der Waals surface area (Å²) in [5.74, 6) is 0.335. The highest BCUT2D eigenvalue weighted by molar-refractivity contribution is 5.94. The summed E-state index contributed by atoms with van der Waals surface area (Å²) in [4.78, 5) is 16.6. The lowest BCUT2D eigenvalue weighted by atomic mass is 10.1. The Kier molecular flexibility index (Phi) is 5.01. The molecule has 0 unspecified atom stereocenters. The molecule has 126 valence electrons. The zero-order valence-electron chi connectivity index (χ0n) is 13.8. The first-order valence-electron chi connectivity index (χ1n) is 8.09. The molecule has 1 heterocycles. The molecule has 1 N–H and O–H groups in total. The van der Waals surface area contributed by atoms with E-state index in [1.165, 1.54) is 0 Å². The molecule has 24 heavy (non-hydrogen) atoms. The molecule has 0 atom stereocenters. The van der Waals surface area contributed by atoms with Crippen LogP contribution in [0, 0.1) is 0 Å². The zero-order valence-corrected chi connectivity index (χ0v) is 13.8. The van der Waals surface area contributed by atoms with Crippen molar-refractivity contribution in [3.05, 3.63) is 59.7 Å². The van der Waals surface area contributed by atoms with Gasteiger partial charge in [0.25, 0.3) is 5.91 Å². The minimum absolute atomic E-state index is 0.0518. The topological polar surface area (TPSA) is 53.0 Å². The second-order valence-electron chi connectivity index (χ2n) is 5.90. The molecule has 2 aromatic rings. The number of phenols is 1. The zero-order chi connectivity index (χ0) is 16.9. The van der Waals surface area contributed by atoms with Crippen LogP contribution >= 0.6 is 0 Å². The number of methoxy groups -OCH3 is 1. The summed E-state index contributed by atoms with van der Waals surface area (Å²) >= 11 is 0. The van der Waals surface area contributed by atoms with Crippen molar-refractivity contribution in [3.8, 4) is 5.75 Å². The summed E-state index contributed by atoms with van der Waals surface area (Å²) in [5, 5.41) is 9.95. The van der Waals surface area contributed by atoms with Gasteiger partial charge in [0.1, 0.15) is 5.75 Å². The highest BCUT2D eigenvalue weighted by Crippen LogP contribution is 2.27. The van der Waals surface area contributed by atoms with Gasteiger partial charge in [-0.3, -0.25) is 4.79 Å². The Morgan fingerprint density at radius 1 is 1.04 bits per heavy atom. The van der Waals surface area contributed by atoms with E-state index in [1.807, 2.05) is 47.4 Å². The normalized spacial score (nSPS) is 14.7. The number of aromatic hydroxyl groups is 1. The van der Waals surface area contributed by atoms with Crippen LogP contribution in [0.1, 0.15) is 15.9 Å². The predicted octanol–water partition coefficient (Wildman–Crippen LogP) is 2.50. The largest absolute Gasteiger partial charge is 0.506 e. The van der Waals surface area contributed by atoms with Crippen molar-refractivity contribution in [2.24, 2.45) is 0 Å². The molecule has 1 aliphatic heterocycles. The molecule has 0 bridgehead atoms. The van der Waals surface area contributed by atoms with E-state index in [-0.39, 0.29) is 11.7 Å². The summed E-state index contributed by atoms with van der Waals surface area (Å²) in [6.07, 6.45) is 0. The van der Waals surface area contributed by atoms with Crippen molar-refractivity contribution in [1.29, 1.82) is 0 Å². The van der Waals surface area contributed by atoms with Crippen LogP contribution in [0.25, 0.3) is 0 Å². The highest BCUT2D eigenvalue weighted by atomic mass is 16.5. The molecular formula is C19H22N2O3. The van der Waals surface area contributed by atoms with E-state index in [9.17, 15) is 9.90 Å². The Labute approximate surface area is 142 Å². The monoisotopic (exact) mass is 326 g/mol. The molecule has 3 rings (SSSR count). The minimum atomic E-state index is 0.0518. The first-order chi connectivity index (χ1) is 11.7. The molecule has 5 heteroatoms. The van der Waals surface area contributed by atoms with Crippen LogP contribution in [0.2, 0.25) is 0 Å². The molecule has 1 amide bonds. The van der Waals surface area contributed by atoms with Crippen LogP contribution in [-0.4, -0.2) is 49.2 Å². The third kappa shape index (κ3) is 3.51. The van der Waals surface area contributed by atoms with Crippen molar-refractivity contribution >= 4 is 11.6 Å². The lowest BCUT2D eigenvalue weighted by molar-refractivity contribution is 0.0746. The quantitative estimate of drug-likeness (QED) is 0.938. The van der Waals surface area contributed by atoms with Gasteiger partial charge in [-0.05, 0) is 29.8 Å². The van der Waals surface area contributed by atoms with Crippen molar-refractivity contribution in [2.75, 3.05) is 38.2 Å². The van der Waals surface area contributed by atoms with Crippen LogP contribution in [0.4, 0.5) is 5.69 Å². The number of para-hydroxylation sites is 2. The van der Waals surface area contributed by atoms with Gasteiger partial charge in [0, 0.05) is 38.9 Å². The van der Waals surface area contributed by atoms with Gasteiger partial charge in [0.2, 0.25) is 0 Å². The molecule has 5 nitrogen and oxygen atoms in total. The number of anilines is 1. The molecule has 0 aromatic heterocycles. The first-order valence-corrected chi connectivity index (χ1v) is 8.09. The van der Waals surface area contributed by atoms with Crippen molar-refractivity contribution < 1.29 is 14.6 Å². The Hall–Kier alpha value is -2.53. The number of piperazine rings is 1. The van der Waals surface area contributed by atoms with Gasteiger partial charge in [0.05, 0.1) is 12.3 Å². The molecule has 0 spiro atoms. The van der Waals surface area contributed by atoms with E-state index < -0.39 is 0 Å². The van der Waals surface area contributed by atoms with Crippen LogP contribution in [0.5, 0.6) is 5.75 Å². The van der Waals surface area contributed by atoms with Gasteiger partial charge in [-0.1, -0.05) is 24.3 Å². The summed E-state index contributed by atoms with van der Waals surface area (Å²) < 4.78 is 5.09. The van der Waals surface area contributed by atoms with Crippen molar-refractivity contribution in [3.63, 3.8) is 0 Å². The smallest absolute Gasteiger partial charge is 0.253 e. The number of hydrogen-bond donors (Lipinski definition) is 1. The number of nitrogens with zero attached hydrogens (tertiary/aromatic N) is 2. The number of phenolic OH excluding ortho intramolecular Hbond substituents is 1. The fourth-order valence-corrected chi connectivity index (χ4v) is 2.97. The van der Waals surface area contributed by atoms with E-state index >= 15 is 0 Å². The third-order valence-corrected chi connectivity index (χ3v) is 4.30. The lowest BCUT2D eigenvalue weighted by Gasteiger charge is -2.36. The summed E-state index contributed by atoms with van der Waals surface area (Å²) in [7, 11) is 1.66. The average molecular weight is 326 g/mol. The number of carbonyl (C=O) groups is 1. The molecule has 2 aromatic carbocycles. The second kappa shape index (κ2) is 7.36. The lowest BCUT2D eigenvalue weighted by Crippen LogP contribution is -2.48. The highest BCUT2D eigenvalue weighted by Gasteiger charge is 2.23. The number of rotatable bonds is 4. The van der Waals surface area contributed by atoms with Gasteiger partial charge >= 0.3 is 0 Å². The summed E-state index contributed by atoms with van der Waals surface area (Å²) in [5.41, 5.74) is 2.58. The maximum Gasteiger partial charge on any atom is 0.253 e. The standard InChI is InChI=1S/C19H22N2O3/c1-24-14-15-6-8-16(9-7-15)19(23)21-12-10-20(11-13-21)17-4-2-3-5-18(17)22/h2-9,22H,10-14H2,1H3. The maximum atomic E-state index is 12.6. The van der Waals surface area contributed by atoms with E-state index in [2.05, 4.69) is 4.90 Å². The van der Waals surface area contributed by atoms with E-state index in [4.69, 9.17) is 4.74 Å². The van der Waals surface area contributed by atoms with Crippen molar-refractivity contribution in [2.45, 2.75) is 6.61 Å². The predicted molar refractivity (Wildman–Crippen MR) is 93.4 cm³/mol. The summed E-state index contributed by atoms with van der Waals surface area (Å²) in [6, 6.07) is 14.9. The van der Waals surface area contributed by atoms with Crippen LogP contribution in [0.15, 0.2) is 48.5 Å². The van der Waals surface area contributed by atoms with E-state index in [0.29, 0.717) is 38.3 Å². The molecule has 1 saturated heterocycles. The fourth-order valence-electron chi connectivity index (χ4n) is 2.97. The SMILES string of the molecule is COCc1ccc(C(=O)N2CCN(c3ccccc3O)CC2)cc1. The van der Waals surface area contributed by atoms with Gasteiger partial charge in [-0.25, -0.2) is 0 Å². The van der Waals surface area contributed by atoms with Gasteiger partial charge in [-0.2, -0.15) is 0 Å². The van der Waals surface area contributed by atoms with E-state index in [0.717, 1.165) is 11.3 Å². The van der Waals surface area contributed by atoms with Crippen LogP contribution < -0.4 is 4.90 Å². The Balaban J connectivity index is 1.62. The Morgan fingerprint density at radius 2 is 1.71 bits per heavy atom. The molecule has 0 aliphatic carbocycles. The molecule has 0 radical (unpaired) electrons. The number of hydrogen-bond acceptors (Lipinski definition) is 4. The summed E-state index contributed by atoms with van der Waals surface area (Å²) in [6.45, 7) is 3.27. The third-order valence-electron chi connectivity index (χ3n) is 4.30. The van der Waals surface area contributed by atoms with Gasteiger partial charge in [-0.15, -0.1) is 0 Å². The second-order valence-corrected chi connectivity index (χ2v) is 5.90.